The molecular weight excluding hydrogens is 718 g/mol. The molecule has 3 heterocycles. The third-order valence-corrected chi connectivity index (χ3v) is 10.5. The van der Waals surface area contributed by atoms with Gasteiger partial charge in [0.1, 0.15) is 36.5 Å². The van der Waals surface area contributed by atoms with E-state index in [9.17, 15) is 24.6 Å². The number of carbonyl (C=O) groups excluding carboxylic acids is 4. The average Bonchev–Trinajstić information content (AvgIpc) is 3.67. The van der Waals surface area contributed by atoms with Crippen LogP contribution in [0.5, 0.6) is 5.75 Å². The minimum absolute atomic E-state index is 0.0391. The van der Waals surface area contributed by atoms with Gasteiger partial charge in [-0.15, -0.1) is 0 Å². The van der Waals surface area contributed by atoms with Crippen molar-refractivity contribution in [3.05, 3.63) is 131 Å². The molecule has 13 nitrogen and oxygen atoms in total. The van der Waals surface area contributed by atoms with E-state index in [-0.39, 0.29) is 50.7 Å². The number of fused-ring (bicyclic) bond motifs is 3. The molecule has 1 spiro atoms. The zero-order valence-corrected chi connectivity index (χ0v) is 30.6. The molecule has 0 bridgehead atoms. The Labute approximate surface area is 323 Å². The number of primary amides is 1. The summed E-state index contributed by atoms with van der Waals surface area (Å²) in [6.45, 7) is -0.454. The number of ether oxygens (including phenoxy) is 4. The van der Waals surface area contributed by atoms with Crippen molar-refractivity contribution in [2.45, 2.75) is 36.1 Å². The highest BCUT2D eigenvalue weighted by Crippen LogP contribution is 2.65. The van der Waals surface area contributed by atoms with Crippen LogP contribution < -0.4 is 15.4 Å². The van der Waals surface area contributed by atoms with E-state index in [0.717, 1.165) is 10.5 Å². The quantitative estimate of drug-likeness (QED) is 0.115. The summed E-state index contributed by atoms with van der Waals surface area (Å²) in [6.07, 6.45) is -1.73. The number of nitrogens with two attached hydrogens (primary N) is 1. The number of hydrogen-bond donors (Lipinski definition) is 3. The van der Waals surface area contributed by atoms with Crippen LogP contribution in [0.3, 0.4) is 0 Å². The highest BCUT2D eigenvalue weighted by Gasteiger charge is 2.75. The van der Waals surface area contributed by atoms with E-state index < -0.39 is 59.4 Å². The number of carbonyl (C=O) groups is 4. The Morgan fingerprint density at radius 1 is 0.839 bits per heavy atom. The molecule has 0 aliphatic carbocycles. The summed E-state index contributed by atoms with van der Waals surface area (Å²) < 4.78 is 22.6. The Balaban J connectivity index is 1.55. The molecule has 3 aliphatic heterocycles. The van der Waals surface area contributed by atoms with Crippen molar-refractivity contribution in [2.75, 3.05) is 45.0 Å². The van der Waals surface area contributed by atoms with Crippen LogP contribution in [0.4, 0.5) is 10.5 Å². The van der Waals surface area contributed by atoms with Gasteiger partial charge in [-0.25, -0.2) is 9.69 Å². The van der Waals surface area contributed by atoms with Gasteiger partial charge in [0.15, 0.2) is 0 Å². The SMILES string of the molecule is COCCOC(=O)N1C(=O)[C@@]2(c3cc(C#CCCO)ccc31)[C@H](C(N)=O)[C@H]1C(=O)O[C@H](c3ccccc3)[C@H](c3ccccc3)N1[C@@H]2c1ccc(OCCO)cc1. The molecule has 2 fully saturated rings. The van der Waals surface area contributed by atoms with E-state index in [1.54, 1.807) is 42.5 Å². The number of hydrogen-bond acceptors (Lipinski definition) is 11. The zero-order chi connectivity index (χ0) is 39.4. The van der Waals surface area contributed by atoms with Crippen molar-refractivity contribution in [2.24, 2.45) is 11.7 Å². The van der Waals surface area contributed by atoms with Crippen LogP contribution in [-0.2, 0) is 34.0 Å². The van der Waals surface area contributed by atoms with E-state index in [2.05, 4.69) is 11.8 Å². The predicted molar refractivity (Wildman–Crippen MR) is 202 cm³/mol. The van der Waals surface area contributed by atoms with Crippen LogP contribution in [0, 0.1) is 17.8 Å². The Hall–Kier alpha value is -6.04. The van der Waals surface area contributed by atoms with Gasteiger partial charge in [-0.1, -0.05) is 84.6 Å². The maximum absolute atomic E-state index is 15.7. The first-order valence-corrected chi connectivity index (χ1v) is 18.2. The van der Waals surface area contributed by atoms with Crippen LogP contribution in [0.25, 0.3) is 0 Å². The van der Waals surface area contributed by atoms with Gasteiger partial charge in [0.25, 0.3) is 0 Å². The molecule has 2 saturated heterocycles. The van der Waals surface area contributed by atoms with E-state index in [4.69, 9.17) is 24.7 Å². The van der Waals surface area contributed by atoms with Gasteiger partial charge in [0.2, 0.25) is 11.8 Å². The van der Waals surface area contributed by atoms with Crippen molar-refractivity contribution in [1.29, 1.82) is 0 Å². The summed E-state index contributed by atoms with van der Waals surface area (Å²) in [5.41, 5.74) is 7.07. The summed E-state index contributed by atoms with van der Waals surface area (Å²) in [4.78, 5) is 61.4. The van der Waals surface area contributed by atoms with Crippen molar-refractivity contribution in [1.82, 2.24) is 4.90 Å². The number of morpholine rings is 1. The fraction of sp³-hybridized carbons (Fsp3) is 0.302. The lowest BCUT2D eigenvalue weighted by atomic mass is 9.65. The average molecular weight is 760 g/mol. The van der Waals surface area contributed by atoms with Gasteiger partial charge in [0, 0.05) is 19.1 Å². The van der Waals surface area contributed by atoms with Gasteiger partial charge in [0.05, 0.1) is 43.5 Å². The smallest absolute Gasteiger partial charge is 0.421 e. The largest absolute Gasteiger partial charge is 0.491 e. The number of amides is 3. The molecule has 3 amide bonds. The molecule has 3 aliphatic rings. The van der Waals surface area contributed by atoms with Gasteiger partial charge >= 0.3 is 12.1 Å². The predicted octanol–water partition coefficient (Wildman–Crippen LogP) is 3.73. The second kappa shape index (κ2) is 16.4. The first-order chi connectivity index (χ1) is 27.3. The lowest BCUT2D eigenvalue weighted by molar-refractivity contribution is -0.178. The normalized spacial score (nSPS) is 23.8. The van der Waals surface area contributed by atoms with Crippen LogP contribution >= 0.6 is 0 Å². The monoisotopic (exact) mass is 759 g/mol. The molecule has 0 aromatic heterocycles. The molecule has 4 N–H and O–H groups in total. The number of esters is 1. The molecule has 56 heavy (non-hydrogen) atoms. The number of imide groups is 1. The first-order valence-electron chi connectivity index (χ1n) is 18.2. The lowest BCUT2D eigenvalue weighted by Crippen LogP contribution is -2.55. The Kier molecular flexibility index (Phi) is 11.2. The number of rotatable bonds is 11. The summed E-state index contributed by atoms with van der Waals surface area (Å²) in [5, 5.41) is 18.8. The van der Waals surface area contributed by atoms with E-state index >= 15 is 4.79 Å². The van der Waals surface area contributed by atoms with Crippen molar-refractivity contribution in [3.8, 4) is 17.6 Å². The molecule has 7 rings (SSSR count). The second-order valence-corrected chi connectivity index (χ2v) is 13.6. The molecule has 0 radical (unpaired) electrons. The maximum atomic E-state index is 15.7. The highest BCUT2D eigenvalue weighted by atomic mass is 16.6. The number of aliphatic hydroxyl groups is 2. The van der Waals surface area contributed by atoms with Crippen LogP contribution in [0.2, 0.25) is 0 Å². The van der Waals surface area contributed by atoms with Crippen LogP contribution in [0.15, 0.2) is 103 Å². The topological polar surface area (TPSA) is 178 Å². The van der Waals surface area contributed by atoms with E-state index in [1.807, 2.05) is 65.6 Å². The summed E-state index contributed by atoms with van der Waals surface area (Å²) in [6, 6.07) is 26.9. The molecule has 4 aromatic rings. The molecule has 4 aromatic carbocycles. The van der Waals surface area contributed by atoms with E-state index in [1.165, 1.54) is 7.11 Å². The van der Waals surface area contributed by atoms with Gasteiger partial charge in [-0.3, -0.25) is 19.3 Å². The molecular formula is C43H41N3O10. The Morgan fingerprint density at radius 2 is 1.54 bits per heavy atom. The minimum atomic E-state index is -2.02. The number of benzene rings is 4. The Bertz CT molecular complexity index is 2150. The first kappa shape index (κ1) is 38.2. The van der Waals surface area contributed by atoms with Gasteiger partial charge < -0.3 is 34.9 Å². The highest BCUT2D eigenvalue weighted by molar-refractivity contribution is 6.23. The molecule has 13 heteroatoms. The fourth-order valence-electron chi connectivity index (χ4n) is 8.40. The summed E-state index contributed by atoms with van der Waals surface area (Å²) in [5.74, 6) is 2.22. The van der Waals surface area contributed by atoms with Crippen molar-refractivity contribution < 1.29 is 48.3 Å². The maximum Gasteiger partial charge on any atom is 0.421 e. The van der Waals surface area contributed by atoms with Crippen molar-refractivity contribution >= 4 is 29.6 Å². The number of cyclic esters (lactones) is 1. The van der Waals surface area contributed by atoms with Gasteiger partial charge in [-0.2, -0.15) is 0 Å². The van der Waals surface area contributed by atoms with Crippen LogP contribution in [0.1, 0.15) is 52.4 Å². The number of nitrogens with zero attached hydrogens (tertiary/aromatic N) is 2. The summed E-state index contributed by atoms with van der Waals surface area (Å²) in [7, 11) is 1.44. The molecule has 6 atom stereocenters. The standard InChI is InChI=1S/C43H41N3O10/c1-53-24-25-55-42(52)45-33-20-15-27(10-8-9-21-47)26-32(33)43(41(45)51)34(39(44)49)36-40(50)56-37(29-13-6-3-7-14-29)35(28-11-4-2-5-12-28)46(36)38(43)30-16-18-31(19-17-30)54-23-22-48/h2-7,11-20,26,34-38,47-48H,9,21-25H2,1H3,(H2,44,49)/t34-,35-,36-,37+,38+,43-/m0/s1. The third kappa shape index (κ3) is 6.56. The Morgan fingerprint density at radius 3 is 2.18 bits per heavy atom. The minimum Gasteiger partial charge on any atom is -0.491 e. The van der Waals surface area contributed by atoms with E-state index in [0.29, 0.717) is 22.4 Å². The molecule has 288 valence electrons. The fourth-order valence-corrected chi connectivity index (χ4v) is 8.40. The number of aliphatic hydroxyl groups excluding tert-OH is 2. The molecule has 0 saturated carbocycles. The second-order valence-electron chi connectivity index (χ2n) is 13.6. The molecule has 0 unspecified atom stereocenters. The number of methoxy groups -OCH3 is 1. The third-order valence-electron chi connectivity index (χ3n) is 10.5. The van der Waals surface area contributed by atoms with Crippen LogP contribution in [-0.4, -0.2) is 85.2 Å². The van der Waals surface area contributed by atoms with Crippen molar-refractivity contribution in [3.63, 3.8) is 0 Å². The summed E-state index contributed by atoms with van der Waals surface area (Å²) >= 11 is 0. The van der Waals surface area contributed by atoms with Gasteiger partial charge in [-0.05, 0) is 52.6 Å². The number of anilines is 1. The zero-order valence-electron chi connectivity index (χ0n) is 30.6. The lowest BCUT2D eigenvalue weighted by Gasteiger charge is -2.46.